The van der Waals surface area contributed by atoms with Crippen LogP contribution in [0.25, 0.3) is 0 Å². The molecular weight excluding hydrogens is 276 g/mol. The van der Waals surface area contributed by atoms with Gasteiger partial charge in [-0.1, -0.05) is 48.0 Å². The lowest BCUT2D eigenvalue weighted by Crippen LogP contribution is -2.27. The number of carbonyl (C=O) groups excluding carboxylic acids is 2. The van der Waals surface area contributed by atoms with Crippen molar-refractivity contribution >= 4 is 17.5 Å². The second-order valence-electron chi connectivity index (χ2n) is 5.31. The van der Waals surface area contributed by atoms with Gasteiger partial charge in [0.15, 0.2) is 0 Å². The molecule has 0 saturated heterocycles. The van der Waals surface area contributed by atoms with Crippen molar-refractivity contribution in [2.45, 2.75) is 26.8 Å². The van der Waals surface area contributed by atoms with Gasteiger partial charge in [-0.3, -0.25) is 9.59 Å². The van der Waals surface area contributed by atoms with E-state index in [4.69, 9.17) is 0 Å². The zero-order valence-corrected chi connectivity index (χ0v) is 12.8. The lowest BCUT2D eigenvalue weighted by Gasteiger charge is -2.09. The van der Waals surface area contributed by atoms with Crippen molar-refractivity contribution in [2.75, 3.05) is 5.32 Å². The molecule has 0 bridgehead atoms. The highest BCUT2D eigenvalue weighted by Crippen LogP contribution is 2.16. The van der Waals surface area contributed by atoms with Gasteiger partial charge < -0.3 is 10.6 Å². The number of hydrogen-bond donors (Lipinski definition) is 2. The topological polar surface area (TPSA) is 58.2 Å². The first-order chi connectivity index (χ1) is 10.5. The van der Waals surface area contributed by atoms with Gasteiger partial charge >= 0.3 is 0 Å². The van der Waals surface area contributed by atoms with Crippen molar-refractivity contribution in [3.63, 3.8) is 0 Å². The zero-order valence-electron chi connectivity index (χ0n) is 12.8. The first-order valence-corrected chi connectivity index (χ1v) is 7.22. The number of anilines is 1. The highest BCUT2D eigenvalue weighted by atomic mass is 16.2. The monoisotopic (exact) mass is 296 g/mol. The highest BCUT2D eigenvalue weighted by Gasteiger charge is 2.10. The molecule has 0 aliphatic heterocycles. The van der Waals surface area contributed by atoms with Crippen molar-refractivity contribution in [1.82, 2.24) is 5.32 Å². The SMILES string of the molecule is Cc1ccc(NC(=O)CC(=O)NCc2ccccc2)c(C)c1. The fraction of sp³-hybridized carbons (Fsp3) is 0.222. The van der Waals surface area contributed by atoms with Crippen molar-refractivity contribution in [3.05, 3.63) is 65.2 Å². The van der Waals surface area contributed by atoms with Crippen LogP contribution in [0.4, 0.5) is 5.69 Å². The third kappa shape index (κ3) is 4.74. The summed E-state index contributed by atoms with van der Waals surface area (Å²) in [5.74, 6) is -0.594. The van der Waals surface area contributed by atoms with Crippen molar-refractivity contribution in [3.8, 4) is 0 Å². The second-order valence-corrected chi connectivity index (χ2v) is 5.31. The van der Waals surface area contributed by atoms with Gasteiger partial charge in [0.05, 0.1) is 0 Å². The average Bonchev–Trinajstić information content (AvgIpc) is 2.49. The molecule has 0 atom stereocenters. The predicted molar refractivity (Wildman–Crippen MR) is 87.5 cm³/mol. The molecule has 114 valence electrons. The number of rotatable bonds is 5. The Bertz CT molecular complexity index is 666. The Morgan fingerprint density at radius 3 is 2.36 bits per heavy atom. The predicted octanol–water partition coefficient (Wildman–Crippen LogP) is 2.95. The molecule has 0 aromatic heterocycles. The fourth-order valence-corrected chi connectivity index (χ4v) is 2.15. The van der Waals surface area contributed by atoms with Crippen LogP contribution in [0.2, 0.25) is 0 Å². The molecule has 0 fully saturated rings. The Morgan fingerprint density at radius 2 is 1.68 bits per heavy atom. The van der Waals surface area contributed by atoms with E-state index >= 15 is 0 Å². The van der Waals surface area contributed by atoms with Gasteiger partial charge in [0.2, 0.25) is 11.8 Å². The molecule has 0 saturated carbocycles. The van der Waals surface area contributed by atoms with E-state index in [1.54, 1.807) is 0 Å². The minimum atomic E-state index is -0.308. The number of amides is 2. The Labute approximate surface area is 130 Å². The van der Waals surface area contributed by atoms with Gasteiger partial charge in [-0.2, -0.15) is 0 Å². The molecule has 0 unspecified atom stereocenters. The van der Waals surface area contributed by atoms with Crippen LogP contribution in [0.15, 0.2) is 48.5 Å². The first kappa shape index (κ1) is 15.8. The van der Waals surface area contributed by atoms with Crippen LogP contribution in [-0.2, 0) is 16.1 Å². The Morgan fingerprint density at radius 1 is 0.955 bits per heavy atom. The normalized spacial score (nSPS) is 10.1. The molecule has 4 nitrogen and oxygen atoms in total. The maximum absolute atomic E-state index is 11.9. The van der Waals surface area contributed by atoms with E-state index in [1.807, 2.05) is 62.4 Å². The van der Waals surface area contributed by atoms with E-state index in [1.165, 1.54) is 0 Å². The maximum atomic E-state index is 11.9. The van der Waals surface area contributed by atoms with Gasteiger partial charge in [0, 0.05) is 12.2 Å². The summed E-state index contributed by atoms with van der Waals surface area (Å²) in [6.07, 6.45) is -0.180. The van der Waals surface area contributed by atoms with E-state index in [0.29, 0.717) is 6.54 Å². The Balaban J connectivity index is 1.82. The summed E-state index contributed by atoms with van der Waals surface area (Å²) >= 11 is 0. The minimum Gasteiger partial charge on any atom is -0.352 e. The molecule has 2 aromatic carbocycles. The van der Waals surface area contributed by atoms with E-state index in [0.717, 1.165) is 22.4 Å². The molecule has 0 heterocycles. The van der Waals surface area contributed by atoms with Gasteiger partial charge in [-0.15, -0.1) is 0 Å². The third-order valence-corrected chi connectivity index (χ3v) is 3.31. The molecule has 0 spiro atoms. The summed E-state index contributed by atoms with van der Waals surface area (Å²) < 4.78 is 0. The van der Waals surface area contributed by atoms with Crippen LogP contribution >= 0.6 is 0 Å². The molecule has 2 aromatic rings. The summed E-state index contributed by atoms with van der Waals surface area (Å²) in [5, 5.41) is 5.51. The number of carbonyl (C=O) groups is 2. The summed E-state index contributed by atoms with van der Waals surface area (Å²) in [6, 6.07) is 15.4. The molecule has 2 N–H and O–H groups in total. The van der Waals surface area contributed by atoms with E-state index in [2.05, 4.69) is 10.6 Å². The van der Waals surface area contributed by atoms with Gasteiger partial charge in [-0.05, 0) is 31.0 Å². The van der Waals surface area contributed by atoms with Crippen molar-refractivity contribution in [1.29, 1.82) is 0 Å². The van der Waals surface area contributed by atoms with E-state index in [9.17, 15) is 9.59 Å². The van der Waals surface area contributed by atoms with Crippen molar-refractivity contribution in [2.24, 2.45) is 0 Å². The van der Waals surface area contributed by atoms with Gasteiger partial charge in [0.25, 0.3) is 0 Å². The summed E-state index contributed by atoms with van der Waals surface area (Å²) in [4.78, 5) is 23.7. The van der Waals surface area contributed by atoms with Crippen LogP contribution in [0, 0.1) is 13.8 Å². The van der Waals surface area contributed by atoms with Crippen LogP contribution in [0.1, 0.15) is 23.1 Å². The Kier molecular flexibility index (Phi) is 5.31. The number of benzene rings is 2. The largest absolute Gasteiger partial charge is 0.352 e. The van der Waals surface area contributed by atoms with Gasteiger partial charge in [0.1, 0.15) is 6.42 Å². The summed E-state index contributed by atoms with van der Waals surface area (Å²) in [7, 11) is 0. The van der Waals surface area contributed by atoms with Crippen LogP contribution < -0.4 is 10.6 Å². The second kappa shape index (κ2) is 7.41. The van der Waals surface area contributed by atoms with Crippen molar-refractivity contribution < 1.29 is 9.59 Å². The summed E-state index contributed by atoms with van der Waals surface area (Å²) in [6.45, 7) is 4.35. The molecule has 0 radical (unpaired) electrons. The quantitative estimate of drug-likeness (QED) is 0.833. The minimum absolute atomic E-state index is 0.180. The van der Waals surface area contributed by atoms with E-state index in [-0.39, 0.29) is 18.2 Å². The Hall–Kier alpha value is -2.62. The summed E-state index contributed by atoms with van der Waals surface area (Å²) in [5.41, 5.74) is 3.87. The van der Waals surface area contributed by atoms with E-state index < -0.39 is 0 Å². The smallest absolute Gasteiger partial charge is 0.233 e. The lowest BCUT2D eigenvalue weighted by atomic mass is 10.1. The third-order valence-electron chi connectivity index (χ3n) is 3.31. The fourth-order valence-electron chi connectivity index (χ4n) is 2.15. The van der Waals surface area contributed by atoms with Crippen LogP contribution in [-0.4, -0.2) is 11.8 Å². The molecule has 0 aliphatic rings. The zero-order chi connectivity index (χ0) is 15.9. The average molecular weight is 296 g/mol. The maximum Gasteiger partial charge on any atom is 0.233 e. The van der Waals surface area contributed by atoms with Crippen LogP contribution in [0.5, 0.6) is 0 Å². The molecule has 22 heavy (non-hydrogen) atoms. The van der Waals surface area contributed by atoms with Gasteiger partial charge in [-0.25, -0.2) is 0 Å². The number of aryl methyl sites for hydroxylation is 2. The molecule has 4 heteroatoms. The molecule has 2 amide bonds. The highest BCUT2D eigenvalue weighted by molar-refractivity contribution is 6.03. The molecular formula is C18H20N2O2. The van der Waals surface area contributed by atoms with Crippen LogP contribution in [0.3, 0.4) is 0 Å². The number of nitrogens with one attached hydrogen (secondary N) is 2. The standard InChI is InChI=1S/C18H20N2O2/c1-13-8-9-16(14(2)10-13)20-18(22)11-17(21)19-12-15-6-4-3-5-7-15/h3-10H,11-12H2,1-2H3,(H,19,21)(H,20,22). The first-order valence-electron chi connectivity index (χ1n) is 7.22. The number of hydrogen-bond acceptors (Lipinski definition) is 2. The lowest BCUT2D eigenvalue weighted by molar-refractivity contribution is -0.126. The molecule has 0 aliphatic carbocycles. The molecule has 2 rings (SSSR count).